The molecule has 0 aromatic heterocycles. The Hall–Kier alpha value is -2.48. The Morgan fingerprint density at radius 2 is 2.12 bits per heavy atom. The van der Waals surface area contributed by atoms with E-state index in [1.165, 1.54) is 25.1 Å². The van der Waals surface area contributed by atoms with Crippen molar-refractivity contribution in [1.29, 1.82) is 0 Å². The number of piperazine rings is 1. The second-order valence-corrected chi connectivity index (χ2v) is 5.90. The maximum Gasteiger partial charge on any atom is 0.325 e. The van der Waals surface area contributed by atoms with E-state index in [4.69, 9.17) is 0 Å². The Bertz CT molecular complexity index is 653. The number of benzene rings is 1. The van der Waals surface area contributed by atoms with Crippen molar-refractivity contribution in [3.8, 4) is 0 Å². The van der Waals surface area contributed by atoms with Crippen LogP contribution in [0.4, 0.5) is 4.39 Å². The average Bonchev–Trinajstić information content (AvgIpc) is 2.59. The first-order valence-corrected chi connectivity index (χ1v) is 7.98. The van der Waals surface area contributed by atoms with Crippen LogP contribution >= 0.6 is 0 Å². The van der Waals surface area contributed by atoms with Gasteiger partial charge in [-0.05, 0) is 6.07 Å². The van der Waals surface area contributed by atoms with Crippen LogP contribution in [0.5, 0.6) is 0 Å². The summed E-state index contributed by atoms with van der Waals surface area (Å²) >= 11 is 0. The molecule has 7 nitrogen and oxygen atoms in total. The first kappa shape index (κ1) is 18.9. The summed E-state index contributed by atoms with van der Waals surface area (Å²) in [5, 5.41) is 2.72. The van der Waals surface area contributed by atoms with Crippen LogP contribution in [0.3, 0.4) is 0 Å². The van der Waals surface area contributed by atoms with Gasteiger partial charge < -0.3 is 15.0 Å². The third-order valence-electron chi connectivity index (χ3n) is 4.16. The standard InChI is InChI=1S/C17H22FN3O4/c1-20(11-16(23)25-2)15(22)9-14-17(24)19-7-8-21(14)10-12-5-3-4-6-13(12)18/h3-6,14H,7-11H2,1-2H3,(H,19,24). The average molecular weight is 351 g/mol. The van der Waals surface area contributed by atoms with Gasteiger partial charge in [0, 0.05) is 32.2 Å². The van der Waals surface area contributed by atoms with Gasteiger partial charge in [-0.3, -0.25) is 19.3 Å². The summed E-state index contributed by atoms with van der Waals surface area (Å²) in [4.78, 5) is 38.8. The molecule has 1 heterocycles. The molecular weight excluding hydrogens is 329 g/mol. The molecule has 0 saturated carbocycles. The molecule has 0 aliphatic carbocycles. The molecule has 0 radical (unpaired) electrons. The second kappa shape index (κ2) is 8.57. The first-order valence-electron chi connectivity index (χ1n) is 7.98. The molecule has 0 spiro atoms. The van der Waals surface area contributed by atoms with E-state index in [9.17, 15) is 18.8 Å². The van der Waals surface area contributed by atoms with Crippen LogP contribution in [0.15, 0.2) is 24.3 Å². The Balaban J connectivity index is 2.06. The number of halogens is 1. The fraction of sp³-hybridized carbons (Fsp3) is 0.471. The molecule has 0 bridgehead atoms. The van der Waals surface area contributed by atoms with E-state index in [0.29, 0.717) is 18.7 Å². The van der Waals surface area contributed by atoms with E-state index in [1.54, 1.807) is 23.1 Å². The molecule has 1 aliphatic heterocycles. The number of amides is 2. The Labute approximate surface area is 145 Å². The van der Waals surface area contributed by atoms with Gasteiger partial charge in [0.1, 0.15) is 12.4 Å². The molecule has 1 aromatic carbocycles. The monoisotopic (exact) mass is 351 g/mol. The van der Waals surface area contributed by atoms with E-state index in [1.807, 2.05) is 0 Å². The minimum atomic E-state index is -0.707. The molecule has 1 N–H and O–H groups in total. The number of hydrogen-bond donors (Lipinski definition) is 1. The zero-order chi connectivity index (χ0) is 18.4. The zero-order valence-corrected chi connectivity index (χ0v) is 14.3. The summed E-state index contributed by atoms with van der Waals surface area (Å²) in [6.45, 7) is 1.00. The van der Waals surface area contributed by atoms with Crippen molar-refractivity contribution in [1.82, 2.24) is 15.1 Å². The summed E-state index contributed by atoms with van der Waals surface area (Å²) in [6, 6.07) is 5.64. The van der Waals surface area contributed by atoms with Crippen molar-refractivity contribution in [2.45, 2.75) is 19.0 Å². The number of carbonyl (C=O) groups excluding carboxylic acids is 3. The summed E-state index contributed by atoms with van der Waals surface area (Å²) < 4.78 is 18.4. The maximum atomic E-state index is 13.9. The smallest absolute Gasteiger partial charge is 0.325 e. The van der Waals surface area contributed by atoms with Crippen molar-refractivity contribution in [2.24, 2.45) is 0 Å². The van der Waals surface area contributed by atoms with Gasteiger partial charge >= 0.3 is 5.97 Å². The lowest BCUT2D eigenvalue weighted by atomic mass is 10.1. The fourth-order valence-corrected chi connectivity index (χ4v) is 2.69. The predicted molar refractivity (Wildman–Crippen MR) is 87.9 cm³/mol. The van der Waals surface area contributed by atoms with E-state index >= 15 is 0 Å². The second-order valence-electron chi connectivity index (χ2n) is 5.90. The van der Waals surface area contributed by atoms with Crippen LogP contribution in [0.25, 0.3) is 0 Å². The molecule has 136 valence electrons. The highest BCUT2D eigenvalue weighted by Gasteiger charge is 2.33. The largest absolute Gasteiger partial charge is 0.468 e. The molecule has 2 amide bonds. The molecule has 1 aliphatic rings. The Morgan fingerprint density at radius 3 is 2.80 bits per heavy atom. The van der Waals surface area contributed by atoms with Crippen LogP contribution < -0.4 is 5.32 Å². The zero-order valence-electron chi connectivity index (χ0n) is 14.3. The molecule has 1 atom stereocenters. The van der Waals surface area contributed by atoms with E-state index in [2.05, 4.69) is 10.1 Å². The number of nitrogens with one attached hydrogen (secondary N) is 1. The van der Waals surface area contributed by atoms with Crippen molar-refractivity contribution >= 4 is 17.8 Å². The lowest BCUT2D eigenvalue weighted by Crippen LogP contribution is -2.56. The molecule has 1 fully saturated rings. The SMILES string of the molecule is COC(=O)CN(C)C(=O)CC1C(=O)NCCN1Cc1ccccc1F. The minimum absolute atomic E-state index is 0.0895. The van der Waals surface area contributed by atoms with Gasteiger partial charge in [-0.15, -0.1) is 0 Å². The van der Waals surface area contributed by atoms with E-state index < -0.39 is 12.0 Å². The van der Waals surface area contributed by atoms with Crippen molar-refractivity contribution in [3.63, 3.8) is 0 Å². The molecule has 25 heavy (non-hydrogen) atoms. The number of esters is 1. The van der Waals surface area contributed by atoms with Crippen LogP contribution in [0, 0.1) is 5.82 Å². The highest BCUT2D eigenvalue weighted by Crippen LogP contribution is 2.16. The number of carbonyl (C=O) groups is 3. The van der Waals surface area contributed by atoms with Gasteiger partial charge in [-0.25, -0.2) is 4.39 Å². The number of hydrogen-bond acceptors (Lipinski definition) is 5. The first-order chi connectivity index (χ1) is 11.9. The van der Waals surface area contributed by atoms with Crippen LogP contribution in [0.1, 0.15) is 12.0 Å². The number of ether oxygens (including phenoxy) is 1. The van der Waals surface area contributed by atoms with Gasteiger partial charge in [0.25, 0.3) is 0 Å². The number of methoxy groups -OCH3 is 1. The Morgan fingerprint density at radius 1 is 1.40 bits per heavy atom. The number of nitrogens with zero attached hydrogens (tertiary/aromatic N) is 2. The highest BCUT2D eigenvalue weighted by atomic mass is 19.1. The molecule has 1 saturated heterocycles. The third kappa shape index (κ3) is 4.99. The predicted octanol–water partition coefficient (Wildman–Crippen LogP) is 0.148. The van der Waals surface area contributed by atoms with Gasteiger partial charge in [0.05, 0.1) is 19.6 Å². The molecular formula is C17H22FN3O4. The Kier molecular flexibility index (Phi) is 6.46. The summed E-state index contributed by atoms with van der Waals surface area (Å²) in [5.41, 5.74) is 0.470. The molecule has 1 aromatic rings. The van der Waals surface area contributed by atoms with Crippen LogP contribution in [-0.2, 0) is 25.7 Å². The van der Waals surface area contributed by atoms with Crippen molar-refractivity contribution < 1.29 is 23.5 Å². The molecule has 2 rings (SSSR count). The quantitative estimate of drug-likeness (QED) is 0.738. The summed E-state index contributed by atoms with van der Waals surface area (Å²) in [6.07, 6.45) is -0.0895. The lowest BCUT2D eigenvalue weighted by Gasteiger charge is -2.35. The number of likely N-dealkylation sites (N-methyl/N-ethyl adjacent to an activating group) is 1. The minimum Gasteiger partial charge on any atom is -0.468 e. The maximum absolute atomic E-state index is 13.9. The summed E-state index contributed by atoms with van der Waals surface area (Å²) in [5.74, 6) is -1.51. The van der Waals surface area contributed by atoms with E-state index in [-0.39, 0.29) is 37.1 Å². The van der Waals surface area contributed by atoms with E-state index in [0.717, 1.165) is 0 Å². The van der Waals surface area contributed by atoms with Crippen molar-refractivity contribution in [2.75, 3.05) is 33.8 Å². The third-order valence-corrected chi connectivity index (χ3v) is 4.16. The number of rotatable bonds is 6. The topological polar surface area (TPSA) is 78.9 Å². The molecule has 8 heteroatoms. The fourth-order valence-electron chi connectivity index (χ4n) is 2.69. The van der Waals surface area contributed by atoms with Crippen molar-refractivity contribution in [3.05, 3.63) is 35.6 Å². The van der Waals surface area contributed by atoms with Gasteiger partial charge in [0.2, 0.25) is 11.8 Å². The van der Waals surface area contributed by atoms with Gasteiger partial charge in [0.15, 0.2) is 0 Å². The normalized spacial score (nSPS) is 17.7. The van der Waals surface area contributed by atoms with Crippen LogP contribution in [-0.4, -0.2) is 67.4 Å². The highest BCUT2D eigenvalue weighted by molar-refractivity contribution is 5.90. The van der Waals surface area contributed by atoms with Gasteiger partial charge in [-0.1, -0.05) is 18.2 Å². The van der Waals surface area contributed by atoms with Crippen LogP contribution in [0.2, 0.25) is 0 Å². The van der Waals surface area contributed by atoms with Gasteiger partial charge in [-0.2, -0.15) is 0 Å². The lowest BCUT2D eigenvalue weighted by molar-refractivity contribution is -0.147. The molecule has 1 unspecified atom stereocenters. The summed E-state index contributed by atoms with van der Waals surface area (Å²) in [7, 11) is 2.71.